The van der Waals surface area contributed by atoms with E-state index < -0.39 is 17.4 Å². The first-order valence-electron chi connectivity index (χ1n) is 5.48. The zero-order valence-electron chi connectivity index (χ0n) is 9.53. The fourth-order valence-corrected chi connectivity index (χ4v) is 2.43. The Morgan fingerprint density at radius 2 is 2.44 bits per heavy atom. The molecule has 0 amide bonds. The van der Waals surface area contributed by atoms with Crippen molar-refractivity contribution < 1.29 is 19.0 Å². The SMILES string of the molecule is O=CC1COCC(CO)(c2cc(Br)ccc2F)N1. The van der Waals surface area contributed by atoms with Gasteiger partial charge in [-0.25, -0.2) is 4.39 Å². The van der Waals surface area contributed by atoms with E-state index in [4.69, 9.17) is 4.74 Å². The highest BCUT2D eigenvalue weighted by molar-refractivity contribution is 9.10. The van der Waals surface area contributed by atoms with E-state index >= 15 is 0 Å². The quantitative estimate of drug-likeness (QED) is 0.815. The van der Waals surface area contributed by atoms with Crippen molar-refractivity contribution in [3.63, 3.8) is 0 Å². The van der Waals surface area contributed by atoms with Gasteiger partial charge in [-0.3, -0.25) is 5.32 Å². The van der Waals surface area contributed by atoms with Crippen LogP contribution in [-0.4, -0.2) is 37.3 Å². The maximum atomic E-state index is 13.9. The summed E-state index contributed by atoms with van der Waals surface area (Å²) in [5.41, 5.74) is -0.802. The lowest BCUT2D eigenvalue weighted by atomic mass is 9.89. The number of rotatable bonds is 3. The number of hydrogen-bond donors (Lipinski definition) is 2. The van der Waals surface area contributed by atoms with Crippen molar-refractivity contribution in [1.29, 1.82) is 0 Å². The molecule has 18 heavy (non-hydrogen) atoms. The minimum absolute atomic E-state index is 0.112. The molecule has 1 aliphatic rings. The largest absolute Gasteiger partial charge is 0.394 e. The molecule has 0 saturated carbocycles. The van der Waals surface area contributed by atoms with E-state index in [9.17, 15) is 14.3 Å². The van der Waals surface area contributed by atoms with E-state index in [-0.39, 0.29) is 25.4 Å². The molecule has 0 radical (unpaired) electrons. The summed E-state index contributed by atoms with van der Waals surface area (Å²) >= 11 is 3.26. The molecular formula is C12H13BrFNO3. The Hall–Kier alpha value is -0.820. The lowest BCUT2D eigenvalue weighted by Crippen LogP contribution is -2.59. The highest BCUT2D eigenvalue weighted by atomic mass is 79.9. The van der Waals surface area contributed by atoms with Gasteiger partial charge in [0.05, 0.1) is 31.4 Å². The lowest BCUT2D eigenvalue weighted by molar-refractivity contribution is -0.116. The molecule has 2 unspecified atom stereocenters. The Labute approximate surface area is 112 Å². The van der Waals surface area contributed by atoms with Crippen molar-refractivity contribution in [2.24, 2.45) is 0 Å². The van der Waals surface area contributed by atoms with E-state index in [1.807, 2.05) is 0 Å². The van der Waals surface area contributed by atoms with Crippen LogP contribution in [0.3, 0.4) is 0 Å². The van der Waals surface area contributed by atoms with Crippen molar-refractivity contribution in [3.8, 4) is 0 Å². The van der Waals surface area contributed by atoms with Crippen molar-refractivity contribution in [2.75, 3.05) is 19.8 Å². The summed E-state index contributed by atoms with van der Waals surface area (Å²) < 4.78 is 19.9. The van der Waals surface area contributed by atoms with Crippen LogP contribution in [0.4, 0.5) is 4.39 Å². The van der Waals surface area contributed by atoms with Crippen LogP contribution >= 0.6 is 15.9 Å². The molecule has 2 atom stereocenters. The van der Waals surface area contributed by atoms with Gasteiger partial charge in [0.1, 0.15) is 12.1 Å². The smallest absolute Gasteiger partial charge is 0.139 e. The lowest BCUT2D eigenvalue weighted by Gasteiger charge is -2.39. The van der Waals surface area contributed by atoms with Gasteiger partial charge in [0.15, 0.2) is 0 Å². The molecule has 0 aliphatic carbocycles. The minimum atomic E-state index is -1.09. The summed E-state index contributed by atoms with van der Waals surface area (Å²) in [5.74, 6) is -0.449. The summed E-state index contributed by atoms with van der Waals surface area (Å²) in [5, 5.41) is 12.5. The molecule has 1 heterocycles. The molecule has 1 saturated heterocycles. The molecular weight excluding hydrogens is 305 g/mol. The van der Waals surface area contributed by atoms with Crippen LogP contribution in [-0.2, 0) is 15.1 Å². The average Bonchev–Trinajstić information content (AvgIpc) is 2.41. The summed E-state index contributed by atoms with van der Waals surface area (Å²) in [4.78, 5) is 10.8. The van der Waals surface area contributed by atoms with Gasteiger partial charge in [-0.2, -0.15) is 0 Å². The topological polar surface area (TPSA) is 58.6 Å². The van der Waals surface area contributed by atoms with Gasteiger partial charge >= 0.3 is 0 Å². The average molecular weight is 318 g/mol. The monoisotopic (exact) mass is 317 g/mol. The molecule has 4 nitrogen and oxygen atoms in total. The number of halogens is 2. The molecule has 6 heteroatoms. The van der Waals surface area contributed by atoms with Crippen molar-refractivity contribution >= 4 is 22.2 Å². The number of nitrogens with one attached hydrogen (secondary N) is 1. The maximum absolute atomic E-state index is 13.9. The highest BCUT2D eigenvalue weighted by Crippen LogP contribution is 2.29. The number of aliphatic hydroxyl groups is 1. The van der Waals surface area contributed by atoms with Crippen molar-refractivity contribution in [2.45, 2.75) is 11.6 Å². The first-order chi connectivity index (χ1) is 8.61. The van der Waals surface area contributed by atoms with Gasteiger partial charge in [0.2, 0.25) is 0 Å². The van der Waals surface area contributed by atoms with E-state index in [0.717, 1.165) is 0 Å². The zero-order valence-corrected chi connectivity index (χ0v) is 11.1. The number of hydrogen-bond acceptors (Lipinski definition) is 4. The van der Waals surface area contributed by atoms with Gasteiger partial charge in [0, 0.05) is 10.0 Å². The van der Waals surface area contributed by atoms with E-state index in [0.29, 0.717) is 10.8 Å². The number of benzene rings is 1. The third-order valence-electron chi connectivity index (χ3n) is 2.99. The Bertz CT molecular complexity index is 457. The van der Waals surface area contributed by atoms with Crippen LogP contribution in [0.25, 0.3) is 0 Å². The number of morpholine rings is 1. The second-order valence-electron chi connectivity index (χ2n) is 4.27. The van der Waals surface area contributed by atoms with Crippen LogP contribution in [0.5, 0.6) is 0 Å². The van der Waals surface area contributed by atoms with Gasteiger partial charge in [-0.1, -0.05) is 15.9 Å². The molecule has 0 aromatic heterocycles. The predicted molar refractivity (Wildman–Crippen MR) is 66.7 cm³/mol. The van der Waals surface area contributed by atoms with Gasteiger partial charge < -0.3 is 14.6 Å². The van der Waals surface area contributed by atoms with Gasteiger partial charge in [-0.15, -0.1) is 0 Å². The molecule has 1 aliphatic heterocycles. The van der Waals surface area contributed by atoms with Crippen molar-refractivity contribution in [3.05, 3.63) is 34.1 Å². The predicted octanol–water partition coefficient (Wildman–Crippen LogP) is 0.963. The normalized spacial score (nSPS) is 28.1. The van der Waals surface area contributed by atoms with Gasteiger partial charge in [-0.05, 0) is 18.2 Å². The molecule has 0 bridgehead atoms. The standard InChI is InChI=1S/C12H13BrFNO3/c13-8-1-2-11(14)10(3-8)12(6-17)7-18-5-9(4-16)15-12/h1-4,9,15,17H,5-7H2. The number of aliphatic hydroxyl groups excluding tert-OH is 1. The Morgan fingerprint density at radius 3 is 3.11 bits per heavy atom. The molecule has 1 aromatic rings. The highest BCUT2D eigenvalue weighted by Gasteiger charge is 2.39. The summed E-state index contributed by atoms with van der Waals surface area (Å²) in [6, 6.07) is 3.91. The third kappa shape index (κ3) is 2.47. The number of ether oxygens (including phenoxy) is 1. The first-order valence-corrected chi connectivity index (χ1v) is 6.28. The fourth-order valence-electron chi connectivity index (χ4n) is 2.07. The second-order valence-corrected chi connectivity index (χ2v) is 5.18. The molecule has 98 valence electrons. The Kier molecular flexibility index (Phi) is 4.11. The fraction of sp³-hybridized carbons (Fsp3) is 0.417. The summed E-state index contributed by atoms with van der Waals surface area (Å²) in [6.07, 6.45) is 0.694. The van der Waals surface area contributed by atoms with Crippen LogP contribution < -0.4 is 5.32 Å². The molecule has 0 spiro atoms. The van der Waals surface area contributed by atoms with Crippen LogP contribution in [0, 0.1) is 5.82 Å². The first kappa shape index (κ1) is 13.6. The summed E-state index contributed by atoms with van der Waals surface area (Å²) in [7, 11) is 0. The van der Waals surface area contributed by atoms with Crippen LogP contribution in [0.1, 0.15) is 5.56 Å². The van der Waals surface area contributed by atoms with Crippen molar-refractivity contribution in [1.82, 2.24) is 5.32 Å². The number of carbonyl (C=O) groups is 1. The van der Waals surface area contributed by atoms with E-state index in [1.165, 1.54) is 6.07 Å². The third-order valence-corrected chi connectivity index (χ3v) is 3.48. The zero-order chi connectivity index (χ0) is 13.2. The van der Waals surface area contributed by atoms with Gasteiger partial charge in [0.25, 0.3) is 0 Å². The Morgan fingerprint density at radius 1 is 1.67 bits per heavy atom. The molecule has 1 fully saturated rings. The maximum Gasteiger partial charge on any atom is 0.139 e. The molecule has 1 aromatic carbocycles. The van der Waals surface area contributed by atoms with E-state index in [1.54, 1.807) is 12.1 Å². The summed E-state index contributed by atoms with van der Waals surface area (Å²) in [6.45, 7) is -0.0210. The van der Waals surface area contributed by atoms with Crippen LogP contribution in [0.15, 0.2) is 22.7 Å². The molecule has 2 rings (SSSR count). The minimum Gasteiger partial charge on any atom is -0.394 e. The number of carbonyl (C=O) groups excluding carboxylic acids is 1. The number of aldehydes is 1. The molecule has 2 N–H and O–H groups in total. The second kappa shape index (κ2) is 5.44. The van der Waals surface area contributed by atoms with E-state index in [2.05, 4.69) is 21.2 Å². The van der Waals surface area contributed by atoms with Crippen LogP contribution in [0.2, 0.25) is 0 Å². The Balaban J connectivity index is 2.42.